The summed E-state index contributed by atoms with van der Waals surface area (Å²) in [4.78, 5) is 16.1. The van der Waals surface area contributed by atoms with Gasteiger partial charge in [0.25, 0.3) is 0 Å². The molecule has 0 aliphatic heterocycles. The molecule has 86 valence electrons. The Labute approximate surface area is 109 Å². The Kier molecular flexibility index (Phi) is 3.69. The van der Waals surface area contributed by atoms with E-state index in [1.165, 1.54) is 0 Å². The third-order valence-corrected chi connectivity index (χ3v) is 3.03. The highest BCUT2D eigenvalue weighted by Gasteiger charge is 2.07. The summed E-state index contributed by atoms with van der Waals surface area (Å²) >= 11 is 3.37. The zero-order chi connectivity index (χ0) is 12.3. The first-order valence-corrected chi connectivity index (χ1v) is 6.15. The molecule has 1 aromatic carbocycles. The second-order valence-corrected chi connectivity index (χ2v) is 4.83. The first-order chi connectivity index (χ1) is 8.15. The number of ketones is 1. The molecule has 2 aromatic rings. The number of hydrogen-bond donors (Lipinski definition) is 0. The maximum Gasteiger partial charge on any atom is 0.167 e. The molecule has 1 heterocycles. The number of halogens is 1. The summed E-state index contributed by atoms with van der Waals surface area (Å²) in [6.45, 7) is 1.89. The summed E-state index contributed by atoms with van der Waals surface area (Å²) < 4.78 is 1.02. The standard InChI is InChI=1S/C14H12BrNO/c1-10-8-12(6-7-16-10)14(17)9-11-2-4-13(15)5-3-11/h2-8H,9H2,1H3. The van der Waals surface area contributed by atoms with Crippen molar-refractivity contribution in [3.8, 4) is 0 Å². The highest BCUT2D eigenvalue weighted by Crippen LogP contribution is 2.13. The molecule has 1 aromatic heterocycles. The van der Waals surface area contributed by atoms with E-state index in [1.807, 2.05) is 37.3 Å². The number of hydrogen-bond acceptors (Lipinski definition) is 2. The predicted molar refractivity (Wildman–Crippen MR) is 71.2 cm³/mol. The van der Waals surface area contributed by atoms with Crippen molar-refractivity contribution in [1.82, 2.24) is 4.98 Å². The van der Waals surface area contributed by atoms with E-state index >= 15 is 0 Å². The van der Waals surface area contributed by atoms with Gasteiger partial charge in [-0.25, -0.2) is 0 Å². The van der Waals surface area contributed by atoms with E-state index in [4.69, 9.17) is 0 Å². The van der Waals surface area contributed by atoms with Crippen LogP contribution in [0.25, 0.3) is 0 Å². The average Bonchev–Trinajstić information content (AvgIpc) is 2.32. The van der Waals surface area contributed by atoms with Gasteiger partial charge in [0.15, 0.2) is 5.78 Å². The molecular weight excluding hydrogens is 278 g/mol. The van der Waals surface area contributed by atoms with Crippen LogP contribution in [-0.4, -0.2) is 10.8 Å². The number of pyridine rings is 1. The monoisotopic (exact) mass is 289 g/mol. The van der Waals surface area contributed by atoms with E-state index in [0.29, 0.717) is 6.42 Å². The van der Waals surface area contributed by atoms with Crippen molar-refractivity contribution in [1.29, 1.82) is 0 Å². The zero-order valence-corrected chi connectivity index (χ0v) is 11.1. The molecule has 0 amide bonds. The minimum atomic E-state index is 0.123. The van der Waals surface area contributed by atoms with Gasteiger partial charge in [0.1, 0.15) is 0 Å². The molecule has 2 nitrogen and oxygen atoms in total. The molecule has 0 aliphatic rings. The lowest BCUT2D eigenvalue weighted by molar-refractivity contribution is 0.0993. The smallest absolute Gasteiger partial charge is 0.167 e. The molecule has 0 fully saturated rings. The van der Waals surface area contributed by atoms with Gasteiger partial charge in [-0.2, -0.15) is 0 Å². The van der Waals surface area contributed by atoms with Crippen molar-refractivity contribution in [2.75, 3.05) is 0 Å². The Morgan fingerprint density at radius 3 is 2.59 bits per heavy atom. The van der Waals surface area contributed by atoms with Crippen LogP contribution >= 0.6 is 15.9 Å². The summed E-state index contributed by atoms with van der Waals surface area (Å²) in [7, 11) is 0. The molecule has 0 spiro atoms. The normalized spacial score (nSPS) is 10.2. The van der Waals surface area contributed by atoms with Crippen molar-refractivity contribution < 1.29 is 4.79 Å². The summed E-state index contributed by atoms with van der Waals surface area (Å²) in [5.41, 5.74) is 2.61. The fourth-order valence-corrected chi connectivity index (χ4v) is 1.87. The maximum absolute atomic E-state index is 12.0. The Morgan fingerprint density at radius 2 is 1.94 bits per heavy atom. The quantitative estimate of drug-likeness (QED) is 0.809. The Hall–Kier alpha value is -1.48. The molecule has 0 aliphatic carbocycles. The topological polar surface area (TPSA) is 30.0 Å². The molecule has 17 heavy (non-hydrogen) atoms. The van der Waals surface area contributed by atoms with Crippen LogP contribution in [0, 0.1) is 6.92 Å². The Bertz CT molecular complexity index is 534. The number of carbonyl (C=O) groups excluding carboxylic acids is 1. The van der Waals surface area contributed by atoms with Crippen LogP contribution in [-0.2, 0) is 6.42 Å². The fourth-order valence-electron chi connectivity index (χ4n) is 1.61. The Balaban J connectivity index is 2.14. The van der Waals surface area contributed by atoms with Gasteiger partial charge in [0.05, 0.1) is 0 Å². The number of nitrogens with zero attached hydrogens (tertiary/aromatic N) is 1. The van der Waals surface area contributed by atoms with E-state index in [-0.39, 0.29) is 5.78 Å². The predicted octanol–water partition coefficient (Wildman–Crippen LogP) is 3.58. The van der Waals surface area contributed by atoms with Gasteiger partial charge in [-0.1, -0.05) is 28.1 Å². The molecular formula is C14H12BrNO. The minimum absolute atomic E-state index is 0.123. The van der Waals surface area contributed by atoms with Crippen LogP contribution in [0.5, 0.6) is 0 Å². The molecule has 0 unspecified atom stereocenters. The van der Waals surface area contributed by atoms with Crippen molar-refractivity contribution in [2.24, 2.45) is 0 Å². The van der Waals surface area contributed by atoms with Gasteiger partial charge in [0, 0.05) is 28.3 Å². The fraction of sp³-hybridized carbons (Fsp3) is 0.143. The van der Waals surface area contributed by atoms with Crippen LogP contribution in [0.3, 0.4) is 0 Å². The van der Waals surface area contributed by atoms with Crippen molar-refractivity contribution in [3.63, 3.8) is 0 Å². The second kappa shape index (κ2) is 5.23. The van der Waals surface area contributed by atoms with Gasteiger partial charge in [0.2, 0.25) is 0 Å². The molecule has 0 radical (unpaired) electrons. The summed E-state index contributed by atoms with van der Waals surface area (Å²) in [6.07, 6.45) is 2.10. The number of Topliss-reactive ketones (excluding diaryl/α,β-unsaturated/α-hetero) is 1. The van der Waals surface area contributed by atoms with Gasteiger partial charge >= 0.3 is 0 Å². The van der Waals surface area contributed by atoms with Crippen molar-refractivity contribution in [3.05, 3.63) is 63.9 Å². The molecule has 0 bridgehead atoms. The van der Waals surface area contributed by atoms with E-state index in [1.54, 1.807) is 12.3 Å². The van der Waals surface area contributed by atoms with Gasteiger partial charge in [-0.05, 0) is 36.8 Å². The maximum atomic E-state index is 12.0. The second-order valence-electron chi connectivity index (χ2n) is 3.91. The number of carbonyl (C=O) groups is 1. The number of rotatable bonds is 3. The van der Waals surface area contributed by atoms with E-state index in [0.717, 1.165) is 21.3 Å². The lowest BCUT2D eigenvalue weighted by Gasteiger charge is -2.02. The largest absolute Gasteiger partial charge is 0.294 e. The van der Waals surface area contributed by atoms with Gasteiger partial charge in [-0.3, -0.25) is 9.78 Å². The van der Waals surface area contributed by atoms with Gasteiger partial charge < -0.3 is 0 Å². The number of benzene rings is 1. The van der Waals surface area contributed by atoms with E-state index < -0.39 is 0 Å². The highest BCUT2D eigenvalue weighted by molar-refractivity contribution is 9.10. The molecule has 3 heteroatoms. The average molecular weight is 290 g/mol. The van der Waals surface area contributed by atoms with E-state index in [2.05, 4.69) is 20.9 Å². The molecule has 0 atom stereocenters. The third-order valence-electron chi connectivity index (χ3n) is 2.50. The van der Waals surface area contributed by atoms with Crippen LogP contribution < -0.4 is 0 Å². The van der Waals surface area contributed by atoms with Crippen LogP contribution in [0.4, 0.5) is 0 Å². The van der Waals surface area contributed by atoms with Crippen molar-refractivity contribution >= 4 is 21.7 Å². The highest BCUT2D eigenvalue weighted by atomic mass is 79.9. The third kappa shape index (κ3) is 3.24. The van der Waals surface area contributed by atoms with Crippen LogP contribution in [0.1, 0.15) is 21.6 Å². The molecule has 0 N–H and O–H groups in total. The lowest BCUT2D eigenvalue weighted by Crippen LogP contribution is -2.04. The van der Waals surface area contributed by atoms with Crippen molar-refractivity contribution in [2.45, 2.75) is 13.3 Å². The van der Waals surface area contributed by atoms with Crippen LogP contribution in [0.2, 0.25) is 0 Å². The molecule has 0 saturated heterocycles. The zero-order valence-electron chi connectivity index (χ0n) is 9.48. The van der Waals surface area contributed by atoms with Gasteiger partial charge in [-0.15, -0.1) is 0 Å². The Morgan fingerprint density at radius 1 is 1.24 bits per heavy atom. The summed E-state index contributed by atoms with van der Waals surface area (Å²) in [5.74, 6) is 0.123. The summed E-state index contributed by atoms with van der Waals surface area (Å²) in [6, 6.07) is 11.4. The number of aryl methyl sites for hydroxylation is 1. The lowest BCUT2D eigenvalue weighted by atomic mass is 10.0. The number of aromatic nitrogens is 1. The summed E-state index contributed by atoms with van der Waals surface area (Å²) in [5, 5.41) is 0. The molecule has 2 rings (SSSR count). The van der Waals surface area contributed by atoms with Crippen LogP contribution in [0.15, 0.2) is 47.1 Å². The minimum Gasteiger partial charge on any atom is -0.294 e. The first kappa shape index (κ1) is 12.0. The first-order valence-electron chi connectivity index (χ1n) is 5.35. The SMILES string of the molecule is Cc1cc(C(=O)Cc2ccc(Br)cc2)ccn1. The van der Waals surface area contributed by atoms with E-state index in [9.17, 15) is 4.79 Å². The molecule has 0 saturated carbocycles.